The highest BCUT2D eigenvalue weighted by Gasteiger charge is 2.14. The van der Waals surface area contributed by atoms with Gasteiger partial charge in [0.1, 0.15) is 16.5 Å². The second-order valence-electron chi connectivity index (χ2n) is 5.85. The average molecular weight is 382 g/mol. The van der Waals surface area contributed by atoms with Crippen molar-refractivity contribution in [2.45, 2.75) is 6.54 Å². The number of fused-ring (bicyclic) bond motifs is 1. The minimum atomic E-state index is -0.314. The van der Waals surface area contributed by atoms with Gasteiger partial charge in [0, 0.05) is 18.3 Å². The fraction of sp³-hybridized carbons (Fsp3) is 0.0500. The van der Waals surface area contributed by atoms with E-state index in [1.807, 2.05) is 0 Å². The zero-order valence-electron chi connectivity index (χ0n) is 13.9. The molecule has 7 heteroatoms. The van der Waals surface area contributed by atoms with Crippen LogP contribution in [-0.4, -0.2) is 15.9 Å². The summed E-state index contributed by atoms with van der Waals surface area (Å²) in [4.78, 5) is 20.8. The highest BCUT2D eigenvalue weighted by atomic mass is 35.5. The van der Waals surface area contributed by atoms with Gasteiger partial charge in [-0.2, -0.15) is 0 Å². The van der Waals surface area contributed by atoms with Gasteiger partial charge < -0.3 is 9.73 Å². The van der Waals surface area contributed by atoms with E-state index >= 15 is 0 Å². The molecule has 2 aromatic heterocycles. The van der Waals surface area contributed by atoms with E-state index in [0.717, 1.165) is 5.56 Å². The number of aromatic nitrogens is 2. The summed E-state index contributed by atoms with van der Waals surface area (Å²) < 4.78 is 18.6. The summed E-state index contributed by atoms with van der Waals surface area (Å²) >= 11 is 6.08. The highest BCUT2D eigenvalue weighted by Crippen LogP contribution is 2.28. The van der Waals surface area contributed by atoms with Crippen molar-refractivity contribution in [3.8, 4) is 11.5 Å². The Morgan fingerprint density at radius 3 is 2.74 bits per heavy atom. The molecule has 0 atom stereocenters. The Hall–Kier alpha value is -3.25. The molecule has 1 amide bonds. The van der Waals surface area contributed by atoms with Gasteiger partial charge in [0.15, 0.2) is 5.58 Å². The molecule has 2 heterocycles. The van der Waals surface area contributed by atoms with Gasteiger partial charge in [0.25, 0.3) is 5.91 Å². The molecule has 1 N–H and O–H groups in total. The third-order valence-corrected chi connectivity index (χ3v) is 4.31. The Morgan fingerprint density at radius 1 is 1.15 bits per heavy atom. The van der Waals surface area contributed by atoms with Crippen LogP contribution >= 0.6 is 11.6 Å². The number of rotatable bonds is 4. The maximum absolute atomic E-state index is 12.9. The minimum absolute atomic E-state index is 0.259. The van der Waals surface area contributed by atoms with Crippen molar-refractivity contribution in [3.05, 3.63) is 82.9 Å². The number of amides is 1. The number of hydrogen-bond acceptors (Lipinski definition) is 4. The molecule has 0 saturated heterocycles. The average Bonchev–Trinajstić information content (AvgIpc) is 3.10. The lowest BCUT2D eigenvalue weighted by Crippen LogP contribution is -2.22. The number of carbonyl (C=O) groups is 1. The van der Waals surface area contributed by atoms with Crippen LogP contribution in [0.1, 0.15) is 15.9 Å². The van der Waals surface area contributed by atoms with Gasteiger partial charge in [0.05, 0.1) is 5.56 Å². The quantitative estimate of drug-likeness (QED) is 0.524. The zero-order chi connectivity index (χ0) is 18.8. The van der Waals surface area contributed by atoms with Crippen molar-refractivity contribution >= 4 is 28.6 Å². The van der Waals surface area contributed by atoms with E-state index in [-0.39, 0.29) is 11.7 Å². The van der Waals surface area contributed by atoms with Gasteiger partial charge >= 0.3 is 0 Å². The van der Waals surface area contributed by atoms with Crippen molar-refractivity contribution in [2.24, 2.45) is 0 Å². The van der Waals surface area contributed by atoms with Crippen molar-refractivity contribution in [2.75, 3.05) is 0 Å². The molecular formula is C20H13ClFN3O2. The maximum atomic E-state index is 12.9. The summed E-state index contributed by atoms with van der Waals surface area (Å²) in [5, 5.41) is 3.09. The SMILES string of the molecule is O=C(NCc1ccc(F)cc1)c1ccc2oc(-c3cccnc3Cl)nc2c1. The Kier molecular flexibility index (Phi) is 4.56. The summed E-state index contributed by atoms with van der Waals surface area (Å²) in [5.74, 6) is -0.233. The molecule has 0 aliphatic heterocycles. The number of oxazole rings is 1. The Labute approximate surface area is 158 Å². The number of pyridine rings is 1. The number of nitrogens with zero attached hydrogens (tertiary/aromatic N) is 2. The normalized spacial score (nSPS) is 10.9. The van der Waals surface area contributed by atoms with Crippen molar-refractivity contribution in [1.82, 2.24) is 15.3 Å². The van der Waals surface area contributed by atoms with Crippen LogP contribution in [0, 0.1) is 5.82 Å². The van der Waals surface area contributed by atoms with E-state index < -0.39 is 0 Å². The lowest BCUT2D eigenvalue weighted by Gasteiger charge is -2.05. The van der Waals surface area contributed by atoms with Gasteiger partial charge in [-0.15, -0.1) is 0 Å². The number of benzene rings is 2. The van der Waals surface area contributed by atoms with Gasteiger partial charge in [-0.1, -0.05) is 23.7 Å². The van der Waals surface area contributed by atoms with Crippen LogP contribution in [0.25, 0.3) is 22.6 Å². The van der Waals surface area contributed by atoms with Crippen LogP contribution in [0.4, 0.5) is 4.39 Å². The van der Waals surface area contributed by atoms with Crippen LogP contribution in [-0.2, 0) is 6.54 Å². The minimum Gasteiger partial charge on any atom is -0.436 e. The van der Waals surface area contributed by atoms with Crippen molar-refractivity contribution < 1.29 is 13.6 Å². The monoisotopic (exact) mass is 381 g/mol. The number of halogens is 2. The van der Waals surface area contributed by atoms with Crippen LogP contribution in [0.3, 0.4) is 0 Å². The van der Waals surface area contributed by atoms with Crippen molar-refractivity contribution in [3.63, 3.8) is 0 Å². The standard InChI is InChI=1S/C20H13ClFN3O2/c21-18-15(2-1-9-23-18)20-25-16-10-13(5-8-17(16)27-20)19(26)24-11-12-3-6-14(22)7-4-12/h1-10H,11H2,(H,24,26). The zero-order valence-corrected chi connectivity index (χ0v) is 14.7. The molecule has 27 heavy (non-hydrogen) atoms. The molecule has 134 valence electrons. The number of carbonyl (C=O) groups excluding carboxylic acids is 1. The summed E-state index contributed by atoms with van der Waals surface area (Å²) in [6, 6.07) is 14.4. The molecule has 0 saturated carbocycles. The van der Waals surface area contributed by atoms with Crippen LogP contribution in [0.2, 0.25) is 5.15 Å². The van der Waals surface area contributed by atoms with Gasteiger partial charge in [-0.25, -0.2) is 14.4 Å². The predicted octanol–water partition coefficient (Wildman–Crippen LogP) is 4.61. The smallest absolute Gasteiger partial charge is 0.251 e. The summed E-state index contributed by atoms with van der Waals surface area (Å²) in [6.07, 6.45) is 1.58. The molecular weight excluding hydrogens is 369 g/mol. The highest BCUT2D eigenvalue weighted by molar-refractivity contribution is 6.31. The van der Waals surface area contributed by atoms with E-state index in [1.165, 1.54) is 12.1 Å². The maximum Gasteiger partial charge on any atom is 0.251 e. The molecule has 2 aromatic carbocycles. The molecule has 0 aliphatic carbocycles. The second-order valence-corrected chi connectivity index (χ2v) is 6.21. The fourth-order valence-corrected chi connectivity index (χ4v) is 2.82. The predicted molar refractivity (Wildman–Crippen MR) is 99.8 cm³/mol. The van der Waals surface area contributed by atoms with Crippen LogP contribution in [0.5, 0.6) is 0 Å². The summed E-state index contributed by atoms with van der Waals surface area (Å²) in [6.45, 7) is 0.298. The van der Waals surface area contributed by atoms with Crippen LogP contribution in [0.15, 0.2) is 65.2 Å². The lowest BCUT2D eigenvalue weighted by atomic mass is 10.1. The number of hydrogen-bond donors (Lipinski definition) is 1. The number of nitrogens with one attached hydrogen (secondary N) is 1. The van der Waals surface area contributed by atoms with E-state index in [4.69, 9.17) is 16.0 Å². The van der Waals surface area contributed by atoms with E-state index in [9.17, 15) is 9.18 Å². The lowest BCUT2D eigenvalue weighted by molar-refractivity contribution is 0.0951. The first kappa shape index (κ1) is 17.2. The summed E-state index contributed by atoms with van der Waals surface area (Å²) in [5.41, 5.74) is 2.92. The van der Waals surface area contributed by atoms with Gasteiger partial charge in [-0.05, 0) is 48.0 Å². The third-order valence-electron chi connectivity index (χ3n) is 4.01. The largest absolute Gasteiger partial charge is 0.436 e. The van der Waals surface area contributed by atoms with E-state index in [0.29, 0.717) is 39.8 Å². The van der Waals surface area contributed by atoms with E-state index in [2.05, 4.69) is 15.3 Å². The van der Waals surface area contributed by atoms with Gasteiger partial charge in [0.2, 0.25) is 5.89 Å². The second kappa shape index (κ2) is 7.17. The van der Waals surface area contributed by atoms with E-state index in [1.54, 1.807) is 48.7 Å². The fourth-order valence-electron chi connectivity index (χ4n) is 2.62. The van der Waals surface area contributed by atoms with Crippen molar-refractivity contribution in [1.29, 1.82) is 0 Å². The molecule has 5 nitrogen and oxygen atoms in total. The molecule has 0 aliphatic rings. The molecule has 0 radical (unpaired) electrons. The summed E-state index contributed by atoms with van der Waals surface area (Å²) in [7, 11) is 0. The Morgan fingerprint density at radius 2 is 1.96 bits per heavy atom. The molecule has 0 spiro atoms. The first-order chi connectivity index (χ1) is 13.1. The first-order valence-electron chi connectivity index (χ1n) is 8.14. The molecule has 0 fully saturated rings. The topological polar surface area (TPSA) is 68.0 Å². The third kappa shape index (κ3) is 3.66. The van der Waals surface area contributed by atoms with Gasteiger partial charge in [-0.3, -0.25) is 4.79 Å². The Bertz CT molecular complexity index is 1130. The molecule has 0 unspecified atom stereocenters. The Balaban J connectivity index is 1.55. The molecule has 0 bridgehead atoms. The molecule has 4 rings (SSSR count). The molecule has 4 aromatic rings. The first-order valence-corrected chi connectivity index (χ1v) is 8.52. The van der Waals surface area contributed by atoms with Crippen LogP contribution < -0.4 is 5.32 Å².